The van der Waals surface area contributed by atoms with Crippen molar-refractivity contribution in [3.05, 3.63) is 66.1 Å². The van der Waals surface area contributed by atoms with Crippen molar-refractivity contribution in [2.24, 2.45) is 0 Å². The van der Waals surface area contributed by atoms with E-state index < -0.39 is 17.8 Å². The standard InChI is InChI=1S/C21H19FN4O3/c1-29-12-16-19(13-7-3-2-4-8-13)20-24-18(27)11-17(26(20)25-16)21(28)23-15-10-6-5-9-14(15)22/h2-10,17H,11-12H2,1H3,(H,23,28)(H,24,27)/t17-/m1/s1. The van der Waals surface area contributed by atoms with E-state index >= 15 is 0 Å². The van der Waals surface area contributed by atoms with Gasteiger partial charge in [-0.15, -0.1) is 0 Å². The van der Waals surface area contributed by atoms with Crippen molar-refractivity contribution in [3.63, 3.8) is 0 Å². The highest BCUT2D eigenvalue weighted by Crippen LogP contribution is 2.37. The molecule has 0 spiro atoms. The topological polar surface area (TPSA) is 85.2 Å². The minimum absolute atomic E-state index is 0.0533. The molecule has 148 valence electrons. The molecule has 2 aromatic carbocycles. The molecule has 7 nitrogen and oxygen atoms in total. The number of halogens is 1. The normalized spacial score (nSPS) is 15.5. The highest BCUT2D eigenvalue weighted by molar-refractivity contribution is 6.03. The molecule has 4 rings (SSSR count). The number of hydrogen-bond acceptors (Lipinski definition) is 4. The van der Waals surface area contributed by atoms with Crippen LogP contribution in [0.5, 0.6) is 0 Å². The number of para-hydroxylation sites is 1. The van der Waals surface area contributed by atoms with Gasteiger partial charge in [0.05, 0.1) is 24.4 Å². The Bertz CT molecular complexity index is 1070. The van der Waals surface area contributed by atoms with Crippen LogP contribution in [0.1, 0.15) is 18.2 Å². The van der Waals surface area contributed by atoms with Crippen LogP contribution in [0.3, 0.4) is 0 Å². The first-order valence-corrected chi connectivity index (χ1v) is 9.09. The van der Waals surface area contributed by atoms with Crippen molar-refractivity contribution < 1.29 is 18.7 Å². The number of ether oxygens (including phenoxy) is 1. The molecular formula is C21H19FN4O3. The van der Waals surface area contributed by atoms with Crippen LogP contribution in [0.4, 0.5) is 15.9 Å². The molecule has 0 saturated heterocycles. The minimum Gasteiger partial charge on any atom is -0.378 e. The summed E-state index contributed by atoms with van der Waals surface area (Å²) in [4.78, 5) is 25.3. The van der Waals surface area contributed by atoms with E-state index in [1.165, 1.54) is 22.9 Å². The maximum Gasteiger partial charge on any atom is 0.249 e. The van der Waals surface area contributed by atoms with E-state index in [0.717, 1.165) is 5.56 Å². The monoisotopic (exact) mass is 394 g/mol. The Hall–Kier alpha value is -3.52. The third kappa shape index (κ3) is 3.62. The number of carbonyl (C=O) groups is 2. The van der Waals surface area contributed by atoms with Gasteiger partial charge in [0.2, 0.25) is 11.8 Å². The first kappa shape index (κ1) is 18.8. The summed E-state index contributed by atoms with van der Waals surface area (Å²) in [5.74, 6) is -0.954. The van der Waals surface area contributed by atoms with Gasteiger partial charge in [-0.1, -0.05) is 42.5 Å². The van der Waals surface area contributed by atoms with Gasteiger partial charge in [0.15, 0.2) is 0 Å². The number of carbonyl (C=O) groups excluding carboxylic acids is 2. The second-order valence-corrected chi connectivity index (χ2v) is 6.65. The van der Waals surface area contributed by atoms with Crippen LogP contribution in [0.2, 0.25) is 0 Å². The second kappa shape index (κ2) is 7.84. The van der Waals surface area contributed by atoms with Crippen LogP contribution in [-0.2, 0) is 20.9 Å². The number of amides is 2. The Morgan fingerprint density at radius 1 is 1.24 bits per heavy atom. The third-order valence-electron chi connectivity index (χ3n) is 4.69. The maximum absolute atomic E-state index is 13.9. The zero-order valence-electron chi connectivity index (χ0n) is 15.7. The van der Waals surface area contributed by atoms with Gasteiger partial charge in [-0.2, -0.15) is 5.10 Å². The Kier molecular flexibility index (Phi) is 5.09. The van der Waals surface area contributed by atoms with Crippen molar-refractivity contribution in [2.45, 2.75) is 19.1 Å². The first-order valence-electron chi connectivity index (χ1n) is 9.09. The van der Waals surface area contributed by atoms with Gasteiger partial charge in [-0.05, 0) is 17.7 Å². The first-order chi connectivity index (χ1) is 14.1. The van der Waals surface area contributed by atoms with Crippen LogP contribution in [0, 0.1) is 5.82 Å². The molecule has 0 aliphatic carbocycles. The molecule has 1 atom stereocenters. The van der Waals surface area contributed by atoms with E-state index in [0.29, 0.717) is 17.1 Å². The van der Waals surface area contributed by atoms with Gasteiger partial charge in [0.1, 0.15) is 17.7 Å². The van der Waals surface area contributed by atoms with Crippen molar-refractivity contribution in [1.82, 2.24) is 9.78 Å². The highest BCUT2D eigenvalue weighted by atomic mass is 19.1. The molecule has 0 bridgehead atoms. The number of benzene rings is 2. The number of nitrogens with zero attached hydrogens (tertiary/aromatic N) is 2. The predicted octanol–water partition coefficient (Wildman–Crippen LogP) is 3.36. The van der Waals surface area contributed by atoms with Crippen LogP contribution in [0.15, 0.2) is 54.6 Å². The molecule has 0 unspecified atom stereocenters. The molecule has 2 N–H and O–H groups in total. The number of rotatable bonds is 5. The van der Waals surface area contributed by atoms with E-state index in [1.54, 1.807) is 13.2 Å². The number of hydrogen-bond donors (Lipinski definition) is 2. The summed E-state index contributed by atoms with van der Waals surface area (Å²) in [5.41, 5.74) is 2.19. The summed E-state index contributed by atoms with van der Waals surface area (Å²) in [6.45, 7) is 0.210. The van der Waals surface area contributed by atoms with Gasteiger partial charge in [0, 0.05) is 12.7 Å². The molecule has 0 radical (unpaired) electrons. The lowest BCUT2D eigenvalue weighted by atomic mass is 10.0. The number of nitrogens with one attached hydrogen (secondary N) is 2. The number of aromatic nitrogens is 2. The lowest BCUT2D eigenvalue weighted by molar-refractivity contribution is -0.125. The highest BCUT2D eigenvalue weighted by Gasteiger charge is 2.35. The van der Waals surface area contributed by atoms with Gasteiger partial charge in [-0.25, -0.2) is 9.07 Å². The number of anilines is 2. The Balaban J connectivity index is 1.76. The van der Waals surface area contributed by atoms with E-state index in [1.807, 2.05) is 30.3 Å². The lowest BCUT2D eigenvalue weighted by Gasteiger charge is -2.24. The second-order valence-electron chi connectivity index (χ2n) is 6.65. The quantitative estimate of drug-likeness (QED) is 0.695. The van der Waals surface area contributed by atoms with Crippen LogP contribution in [-0.4, -0.2) is 28.7 Å². The van der Waals surface area contributed by atoms with E-state index in [4.69, 9.17) is 4.74 Å². The fraction of sp³-hybridized carbons (Fsp3) is 0.190. The Morgan fingerprint density at radius 2 is 1.97 bits per heavy atom. The fourth-order valence-electron chi connectivity index (χ4n) is 3.40. The molecule has 29 heavy (non-hydrogen) atoms. The molecule has 2 amide bonds. The Morgan fingerprint density at radius 3 is 2.69 bits per heavy atom. The summed E-state index contributed by atoms with van der Waals surface area (Å²) in [6, 6.07) is 14.4. The van der Waals surface area contributed by atoms with Crippen molar-refractivity contribution >= 4 is 23.3 Å². The van der Waals surface area contributed by atoms with Gasteiger partial charge >= 0.3 is 0 Å². The SMILES string of the molecule is COCc1nn2c(c1-c1ccccc1)NC(=O)C[C@@H]2C(=O)Nc1ccccc1F. The smallest absolute Gasteiger partial charge is 0.249 e. The van der Waals surface area contributed by atoms with Crippen molar-refractivity contribution in [3.8, 4) is 11.1 Å². The average molecular weight is 394 g/mol. The summed E-state index contributed by atoms with van der Waals surface area (Å²) in [6.07, 6.45) is -0.102. The van der Waals surface area contributed by atoms with Gasteiger partial charge in [0.25, 0.3) is 0 Å². The molecule has 0 fully saturated rings. The summed E-state index contributed by atoms with van der Waals surface area (Å²) < 4.78 is 20.7. The molecule has 2 heterocycles. The van der Waals surface area contributed by atoms with E-state index in [9.17, 15) is 14.0 Å². The maximum atomic E-state index is 13.9. The lowest BCUT2D eigenvalue weighted by Crippen LogP contribution is -2.36. The van der Waals surface area contributed by atoms with E-state index in [2.05, 4.69) is 15.7 Å². The minimum atomic E-state index is -0.911. The molecule has 1 aliphatic heterocycles. The average Bonchev–Trinajstić information content (AvgIpc) is 3.07. The predicted molar refractivity (Wildman–Crippen MR) is 106 cm³/mol. The number of fused-ring (bicyclic) bond motifs is 1. The molecule has 8 heteroatoms. The zero-order chi connectivity index (χ0) is 20.4. The molecular weight excluding hydrogens is 375 g/mol. The van der Waals surface area contributed by atoms with Gasteiger partial charge < -0.3 is 15.4 Å². The summed E-state index contributed by atoms with van der Waals surface area (Å²) in [5, 5.41) is 9.91. The van der Waals surface area contributed by atoms with Crippen LogP contribution >= 0.6 is 0 Å². The van der Waals surface area contributed by atoms with Crippen molar-refractivity contribution in [1.29, 1.82) is 0 Å². The molecule has 1 aromatic heterocycles. The fourth-order valence-corrected chi connectivity index (χ4v) is 3.40. The summed E-state index contributed by atoms with van der Waals surface area (Å²) >= 11 is 0. The third-order valence-corrected chi connectivity index (χ3v) is 4.69. The summed E-state index contributed by atoms with van der Waals surface area (Å²) in [7, 11) is 1.55. The molecule has 3 aromatic rings. The number of methoxy groups -OCH3 is 1. The van der Waals surface area contributed by atoms with Gasteiger partial charge in [-0.3, -0.25) is 9.59 Å². The molecule has 1 aliphatic rings. The van der Waals surface area contributed by atoms with Crippen molar-refractivity contribution in [2.75, 3.05) is 17.7 Å². The van der Waals surface area contributed by atoms with Crippen LogP contribution < -0.4 is 10.6 Å². The Labute approximate surface area is 166 Å². The largest absolute Gasteiger partial charge is 0.378 e. The molecule has 0 saturated carbocycles. The van der Waals surface area contributed by atoms with E-state index in [-0.39, 0.29) is 24.6 Å². The van der Waals surface area contributed by atoms with Crippen LogP contribution in [0.25, 0.3) is 11.1 Å². The zero-order valence-corrected chi connectivity index (χ0v) is 15.7.